The van der Waals surface area contributed by atoms with Crippen LogP contribution in [-0.2, 0) is 23.9 Å². The molecule has 0 aliphatic carbocycles. The molecule has 1 saturated heterocycles. The number of aryl methyl sites for hydroxylation is 1. The number of ether oxygens (including phenoxy) is 1. The first-order valence-electron chi connectivity index (χ1n) is 18.7. The summed E-state index contributed by atoms with van der Waals surface area (Å²) in [6.45, 7) is 23.0. The molecule has 51 heavy (non-hydrogen) atoms. The molecule has 1 aromatic heterocycles. The monoisotopic (exact) mass is 757 g/mol. The van der Waals surface area contributed by atoms with Gasteiger partial charge >= 0.3 is 6.18 Å². The number of phenols is 1. The first kappa shape index (κ1) is 46.6. The van der Waals surface area contributed by atoms with Crippen LogP contribution in [-0.4, -0.2) is 46.2 Å². The maximum absolute atomic E-state index is 13.5. The Kier molecular flexibility index (Phi) is 22.0. The Morgan fingerprint density at radius 1 is 0.941 bits per heavy atom. The topological polar surface area (TPSA) is 74.7 Å². The highest BCUT2D eigenvalue weighted by atomic mass is 35.5. The molecule has 290 valence electrons. The highest BCUT2D eigenvalue weighted by Gasteiger charge is 2.32. The van der Waals surface area contributed by atoms with E-state index in [0.717, 1.165) is 48.6 Å². The van der Waals surface area contributed by atoms with Crippen LogP contribution in [0.4, 0.5) is 18.3 Å². The molecule has 6 nitrogen and oxygen atoms in total. The minimum atomic E-state index is -4.49. The summed E-state index contributed by atoms with van der Waals surface area (Å²) in [6.07, 6.45) is 5.33. The van der Waals surface area contributed by atoms with Gasteiger partial charge in [0, 0.05) is 30.2 Å². The third-order valence-electron chi connectivity index (χ3n) is 7.67. The van der Waals surface area contributed by atoms with Gasteiger partial charge in [0.1, 0.15) is 5.75 Å². The van der Waals surface area contributed by atoms with Crippen LogP contribution in [0.25, 0.3) is 10.2 Å². The van der Waals surface area contributed by atoms with E-state index in [1.807, 2.05) is 20.8 Å². The third-order valence-corrected chi connectivity index (χ3v) is 8.80. The minimum absolute atomic E-state index is 0.0275. The van der Waals surface area contributed by atoms with Gasteiger partial charge < -0.3 is 9.84 Å². The first-order chi connectivity index (χ1) is 24.0. The van der Waals surface area contributed by atoms with E-state index >= 15 is 0 Å². The predicted octanol–water partition coefficient (Wildman–Crippen LogP) is 12.9. The number of phenolic OH excluding ortho intramolecular Hbond substituents is 1. The van der Waals surface area contributed by atoms with Crippen molar-refractivity contribution in [3.63, 3.8) is 0 Å². The van der Waals surface area contributed by atoms with Gasteiger partial charge in [-0.05, 0) is 62.4 Å². The molecule has 0 bridgehead atoms. The fourth-order valence-corrected chi connectivity index (χ4v) is 6.38. The number of morpholine rings is 1. The van der Waals surface area contributed by atoms with E-state index in [1.54, 1.807) is 6.07 Å². The van der Waals surface area contributed by atoms with Crippen LogP contribution in [0.5, 0.6) is 5.75 Å². The molecule has 2 aromatic carbocycles. The van der Waals surface area contributed by atoms with Gasteiger partial charge in [0.25, 0.3) is 5.91 Å². The zero-order valence-electron chi connectivity index (χ0n) is 32.6. The zero-order valence-corrected chi connectivity index (χ0v) is 34.2. The molecule has 4 rings (SSSR count). The van der Waals surface area contributed by atoms with Gasteiger partial charge in [-0.1, -0.05) is 123 Å². The number of hydrogen-bond acceptors (Lipinski definition) is 6. The SMILES string of the molecule is CC(C)C.CCCC.CCCCC.CCCCCc1cc(C(F)(F)F)cc2sc(NC(=O)c3cc(Cl)cc(CN4CC(C)OC(C)C4)c3O)nc12. The van der Waals surface area contributed by atoms with Crippen LogP contribution in [0, 0.1) is 5.92 Å². The molecule has 0 spiro atoms. The number of unbranched alkanes of at least 4 members (excludes halogenated alkanes) is 5. The van der Waals surface area contributed by atoms with Crippen LogP contribution in [0.2, 0.25) is 5.02 Å². The summed E-state index contributed by atoms with van der Waals surface area (Å²) in [4.78, 5) is 19.7. The second kappa shape index (κ2) is 24.0. The number of thiazole rings is 1. The van der Waals surface area contributed by atoms with Crippen molar-refractivity contribution < 1.29 is 27.8 Å². The number of alkyl halides is 3. The number of benzene rings is 2. The lowest BCUT2D eigenvalue weighted by Gasteiger charge is -2.35. The van der Waals surface area contributed by atoms with Crippen LogP contribution < -0.4 is 5.32 Å². The zero-order chi connectivity index (χ0) is 38.7. The summed E-state index contributed by atoms with van der Waals surface area (Å²) < 4.78 is 46.7. The van der Waals surface area contributed by atoms with E-state index in [0.29, 0.717) is 47.4 Å². The lowest BCUT2D eigenvalue weighted by Crippen LogP contribution is -2.44. The van der Waals surface area contributed by atoms with Gasteiger partial charge in [-0.15, -0.1) is 0 Å². The summed E-state index contributed by atoms with van der Waals surface area (Å²) in [5.41, 5.74) is 0.686. The van der Waals surface area contributed by atoms with E-state index < -0.39 is 17.6 Å². The number of carbonyl (C=O) groups excluding carboxylic acids is 1. The van der Waals surface area contributed by atoms with Gasteiger partial charge in [-0.3, -0.25) is 15.0 Å². The molecule has 1 aliphatic rings. The lowest BCUT2D eigenvalue weighted by atomic mass is 10.0. The van der Waals surface area contributed by atoms with Gasteiger partial charge in [0.05, 0.1) is 33.6 Å². The van der Waals surface area contributed by atoms with E-state index in [4.69, 9.17) is 16.3 Å². The summed E-state index contributed by atoms with van der Waals surface area (Å²) in [5.74, 6) is -0.00276. The highest BCUT2D eigenvalue weighted by Crippen LogP contribution is 2.38. The normalized spacial score (nSPS) is 16.1. The van der Waals surface area contributed by atoms with Crippen LogP contribution in [0.1, 0.15) is 148 Å². The van der Waals surface area contributed by atoms with Gasteiger partial charge in [0.15, 0.2) is 5.13 Å². The minimum Gasteiger partial charge on any atom is -0.507 e. The van der Waals surface area contributed by atoms with Crippen LogP contribution >= 0.6 is 22.9 Å². The average molecular weight is 758 g/mol. The Bertz CT molecular complexity index is 1430. The number of rotatable bonds is 11. The summed E-state index contributed by atoms with van der Waals surface area (Å²) in [7, 11) is 0. The predicted molar refractivity (Wildman–Crippen MR) is 210 cm³/mol. The number of carbonyl (C=O) groups is 1. The highest BCUT2D eigenvalue weighted by molar-refractivity contribution is 7.22. The number of nitrogens with zero attached hydrogens (tertiary/aromatic N) is 2. The third kappa shape index (κ3) is 17.3. The van der Waals surface area contributed by atoms with Crippen molar-refractivity contribution in [1.29, 1.82) is 0 Å². The molecule has 3 aromatic rings. The Morgan fingerprint density at radius 3 is 2.00 bits per heavy atom. The fourth-order valence-electron chi connectivity index (χ4n) is 5.19. The van der Waals surface area contributed by atoms with Crippen LogP contribution in [0.3, 0.4) is 0 Å². The molecular weight excluding hydrogens is 695 g/mol. The number of aromatic nitrogens is 1. The molecule has 0 saturated carbocycles. The summed E-state index contributed by atoms with van der Waals surface area (Å²) >= 11 is 7.26. The molecule has 1 fully saturated rings. The molecule has 2 heterocycles. The molecule has 1 aliphatic heterocycles. The van der Waals surface area contributed by atoms with Gasteiger partial charge in [-0.25, -0.2) is 4.98 Å². The van der Waals surface area contributed by atoms with Crippen molar-refractivity contribution >= 4 is 44.2 Å². The molecule has 2 N–H and O–H groups in total. The van der Waals surface area contributed by atoms with Crippen molar-refractivity contribution in [3.8, 4) is 5.75 Å². The standard InChI is InChI=1S/C27H31ClF3N3O3S.C5H12.2C4H10/c1-4-5-6-7-17-8-19(27(29,30)31)10-22-23(17)32-26(38-22)33-25(36)21-11-20(28)9-18(24(21)35)14-34-12-15(2)37-16(3)13-34;1-3-5-4-2;1-4(2)3;1-3-4-2/h8-11,15-16,35H,4-7,12-14H2,1-3H3,(H,32,33,36);3-5H2,1-2H3;4H,1-3H3;3-4H2,1-2H3. The van der Waals surface area contributed by atoms with Crippen molar-refractivity contribution in [1.82, 2.24) is 9.88 Å². The number of amides is 1. The maximum Gasteiger partial charge on any atom is 0.416 e. The number of fused-ring (bicyclic) bond motifs is 1. The fraction of sp³-hybridized carbons (Fsp3) is 0.650. The second-order valence-corrected chi connectivity index (χ2v) is 15.4. The lowest BCUT2D eigenvalue weighted by molar-refractivity contribution is -0.137. The Balaban J connectivity index is 0.000000859. The van der Waals surface area contributed by atoms with Crippen molar-refractivity contribution in [3.05, 3.63) is 51.5 Å². The number of hydrogen-bond donors (Lipinski definition) is 2. The largest absolute Gasteiger partial charge is 0.507 e. The molecule has 0 radical (unpaired) electrons. The second-order valence-electron chi connectivity index (χ2n) is 13.9. The van der Waals surface area contributed by atoms with E-state index in [9.17, 15) is 23.1 Å². The van der Waals surface area contributed by atoms with Crippen LogP contribution in [0.15, 0.2) is 24.3 Å². The molecular formula is C40H63ClF3N3O3S. The first-order valence-corrected chi connectivity index (χ1v) is 19.9. The Hall–Kier alpha value is -2.40. The Labute approximate surface area is 314 Å². The molecule has 1 amide bonds. The number of aromatic hydroxyl groups is 1. The maximum atomic E-state index is 13.5. The van der Waals surface area contributed by atoms with E-state index in [2.05, 4.69) is 63.7 Å². The van der Waals surface area contributed by atoms with Crippen molar-refractivity contribution in [2.45, 2.75) is 152 Å². The summed E-state index contributed by atoms with van der Waals surface area (Å²) in [6, 6.07) is 5.19. The van der Waals surface area contributed by atoms with Crippen molar-refractivity contribution in [2.24, 2.45) is 5.92 Å². The van der Waals surface area contributed by atoms with E-state index in [-0.39, 0.29) is 33.7 Å². The van der Waals surface area contributed by atoms with Gasteiger partial charge in [-0.2, -0.15) is 13.2 Å². The summed E-state index contributed by atoms with van der Waals surface area (Å²) in [5, 5.41) is 14.0. The smallest absolute Gasteiger partial charge is 0.416 e. The number of nitrogens with one attached hydrogen (secondary N) is 1. The Morgan fingerprint density at radius 2 is 1.51 bits per heavy atom. The van der Waals surface area contributed by atoms with Gasteiger partial charge in [0.2, 0.25) is 0 Å². The molecule has 11 heteroatoms. The quantitative estimate of drug-likeness (QED) is 0.191. The number of anilines is 1. The van der Waals surface area contributed by atoms with E-state index in [1.165, 1.54) is 38.2 Å². The van der Waals surface area contributed by atoms with Crippen molar-refractivity contribution in [2.75, 3.05) is 18.4 Å². The molecule has 2 atom stereocenters. The average Bonchev–Trinajstić information content (AvgIpc) is 3.45. The number of halogens is 4. The molecule has 2 unspecified atom stereocenters.